The third kappa shape index (κ3) is 3.48. The fraction of sp³-hybridized carbons (Fsp3) is 0.143. The molecule has 0 amide bonds. The van der Waals surface area contributed by atoms with Crippen molar-refractivity contribution < 1.29 is 12.9 Å². The molecular formula is C21H19N3O3S. The molecule has 2 aromatic carbocycles. The number of hydrogen-bond donors (Lipinski definition) is 0. The average Bonchev–Trinajstić information content (AvgIpc) is 3.10. The number of anilines is 1. The largest absolute Gasteiger partial charge is 0.336 e. The first-order valence-electron chi connectivity index (χ1n) is 8.89. The predicted octanol–water partition coefficient (Wildman–Crippen LogP) is 3.97. The zero-order chi connectivity index (χ0) is 19.6. The van der Waals surface area contributed by atoms with Gasteiger partial charge in [-0.05, 0) is 37.1 Å². The Labute approximate surface area is 163 Å². The first-order valence-corrected chi connectivity index (χ1v) is 10.3. The van der Waals surface area contributed by atoms with Gasteiger partial charge in [0.15, 0.2) is 0 Å². The van der Waals surface area contributed by atoms with E-state index in [0.29, 0.717) is 35.4 Å². The molecule has 0 unspecified atom stereocenters. The van der Waals surface area contributed by atoms with Gasteiger partial charge in [0, 0.05) is 6.54 Å². The third-order valence-electron chi connectivity index (χ3n) is 4.56. The van der Waals surface area contributed by atoms with Gasteiger partial charge in [-0.25, -0.2) is 13.4 Å². The van der Waals surface area contributed by atoms with Gasteiger partial charge in [-0.2, -0.15) is 0 Å². The molecule has 0 saturated heterocycles. The van der Waals surface area contributed by atoms with Gasteiger partial charge in [-0.1, -0.05) is 53.7 Å². The molecule has 6 nitrogen and oxygen atoms in total. The summed E-state index contributed by atoms with van der Waals surface area (Å²) in [6, 6.07) is 20.5. The fourth-order valence-corrected chi connectivity index (χ4v) is 4.49. The second-order valence-corrected chi connectivity index (χ2v) is 8.30. The van der Waals surface area contributed by atoms with Crippen LogP contribution in [0.5, 0.6) is 0 Å². The lowest BCUT2D eigenvalue weighted by molar-refractivity contribution is 0.442. The Morgan fingerprint density at radius 2 is 1.68 bits per heavy atom. The summed E-state index contributed by atoms with van der Waals surface area (Å²) in [5.41, 5.74) is 2.62. The van der Waals surface area contributed by atoms with Gasteiger partial charge in [0.25, 0.3) is 15.7 Å². The van der Waals surface area contributed by atoms with Crippen molar-refractivity contribution in [3.63, 3.8) is 0 Å². The molecule has 0 aliphatic heterocycles. The first kappa shape index (κ1) is 18.2. The number of nitrogens with zero attached hydrogens (tertiary/aromatic N) is 3. The standard InChI is InChI=1S/C21H19N3O3S/c1-16-20-14-19(15-22-21(20)27-23-16)28(25,26)24(18-10-6-3-7-11-18)13-12-17-8-4-2-5-9-17/h2-11,14-15H,12-13H2,1H3. The highest BCUT2D eigenvalue weighted by atomic mass is 32.2. The lowest BCUT2D eigenvalue weighted by Crippen LogP contribution is -2.33. The van der Waals surface area contributed by atoms with Crippen molar-refractivity contribution in [1.29, 1.82) is 0 Å². The minimum Gasteiger partial charge on any atom is -0.336 e. The van der Waals surface area contributed by atoms with Gasteiger partial charge in [-0.15, -0.1) is 0 Å². The van der Waals surface area contributed by atoms with E-state index in [1.165, 1.54) is 10.5 Å². The van der Waals surface area contributed by atoms with Crippen LogP contribution in [0.1, 0.15) is 11.3 Å². The van der Waals surface area contributed by atoms with E-state index in [2.05, 4.69) is 10.1 Å². The van der Waals surface area contributed by atoms with Gasteiger partial charge < -0.3 is 4.52 Å². The lowest BCUT2D eigenvalue weighted by Gasteiger charge is -2.24. The number of aromatic nitrogens is 2. The van der Waals surface area contributed by atoms with Gasteiger partial charge >= 0.3 is 0 Å². The number of pyridine rings is 1. The highest BCUT2D eigenvalue weighted by Crippen LogP contribution is 2.26. The Bertz CT molecular complexity index is 1190. The van der Waals surface area contributed by atoms with Crippen LogP contribution in [0.25, 0.3) is 11.1 Å². The Morgan fingerprint density at radius 1 is 1.00 bits per heavy atom. The van der Waals surface area contributed by atoms with E-state index in [0.717, 1.165) is 5.56 Å². The van der Waals surface area contributed by atoms with Crippen molar-refractivity contribution in [2.45, 2.75) is 18.2 Å². The molecule has 0 aliphatic rings. The van der Waals surface area contributed by atoms with E-state index in [9.17, 15) is 8.42 Å². The molecule has 28 heavy (non-hydrogen) atoms. The molecule has 0 fully saturated rings. The number of fused-ring (bicyclic) bond motifs is 1. The van der Waals surface area contributed by atoms with Crippen LogP contribution >= 0.6 is 0 Å². The molecule has 0 bridgehead atoms. The molecule has 0 spiro atoms. The molecule has 4 rings (SSSR count). The number of hydrogen-bond acceptors (Lipinski definition) is 5. The highest BCUT2D eigenvalue weighted by Gasteiger charge is 2.26. The van der Waals surface area contributed by atoms with E-state index in [1.54, 1.807) is 25.1 Å². The number of para-hydroxylation sites is 1. The topological polar surface area (TPSA) is 76.3 Å². The van der Waals surface area contributed by atoms with Crippen LogP contribution in [0.3, 0.4) is 0 Å². The minimum absolute atomic E-state index is 0.114. The SMILES string of the molecule is Cc1noc2ncc(S(=O)(=O)N(CCc3ccccc3)c3ccccc3)cc12. The van der Waals surface area contributed by atoms with Crippen molar-refractivity contribution in [2.24, 2.45) is 0 Å². The summed E-state index contributed by atoms with van der Waals surface area (Å²) in [4.78, 5) is 4.24. The van der Waals surface area contributed by atoms with Crippen molar-refractivity contribution in [2.75, 3.05) is 10.8 Å². The zero-order valence-corrected chi connectivity index (χ0v) is 16.1. The summed E-state index contributed by atoms with van der Waals surface area (Å²) in [6.45, 7) is 2.07. The smallest absolute Gasteiger partial charge is 0.265 e. The van der Waals surface area contributed by atoms with Crippen LogP contribution in [-0.2, 0) is 16.4 Å². The second kappa shape index (κ2) is 7.44. The number of sulfonamides is 1. The Morgan fingerprint density at radius 3 is 2.39 bits per heavy atom. The predicted molar refractivity (Wildman–Crippen MR) is 108 cm³/mol. The van der Waals surface area contributed by atoms with Crippen molar-refractivity contribution >= 4 is 26.8 Å². The molecule has 2 heterocycles. The number of rotatable bonds is 6. The molecule has 4 aromatic rings. The fourth-order valence-electron chi connectivity index (χ4n) is 3.05. The summed E-state index contributed by atoms with van der Waals surface area (Å²) in [7, 11) is -3.81. The maximum atomic E-state index is 13.5. The van der Waals surface area contributed by atoms with E-state index in [-0.39, 0.29) is 4.90 Å². The summed E-state index contributed by atoms with van der Waals surface area (Å²) in [6.07, 6.45) is 1.91. The van der Waals surface area contributed by atoms with Crippen LogP contribution in [-0.4, -0.2) is 25.1 Å². The van der Waals surface area contributed by atoms with Gasteiger partial charge in [0.2, 0.25) is 0 Å². The normalized spacial score (nSPS) is 11.6. The monoisotopic (exact) mass is 393 g/mol. The van der Waals surface area contributed by atoms with Gasteiger partial charge in [-0.3, -0.25) is 4.31 Å². The van der Waals surface area contributed by atoms with Crippen molar-refractivity contribution in [1.82, 2.24) is 10.1 Å². The lowest BCUT2D eigenvalue weighted by atomic mass is 10.1. The first-order chi connectivity index (χ1) is 13.6. The number of aryl methyl sites for hydroxylation is 1. The molecule has 0 aliphatic carbocycles. The molecule has 0 radical (unpaired) electrons. The van der Waals surface area contributed by atoms with E-state index in [4.69, 9.17) is 4.52 Å². The number of benzene rings is 2. The minimum atomic E-state index is -3.81. The Kier molecular flexibility index (Phi) is 4.83. The van der Waals surface area contributed by atoms with E-state index in [1.807, 2.05) is 48.5 Å². The van der Waals surface area contributed by atoms with Crippen LogP contribution < -0.4 is 4.31 Å². The molecule has 0 atom stereocenters. The summed E-state index contributed by atoms with van der Waals surface area (Å²) >= 11 is 0. The Hall–Kier alpha value is -3.19. The molecule has 2 aromatic heterocycles. The van der Waals surface area contributed by atoms with E-state index < -0.39 is 10.0 Å². The molecule has 142 valence electrons. The van der Waals surface area contributed by atoms with Crippen LogP contribution in [0.4, 0.5) is 5.69 Å². The summed E-state index contributed by atoms with van der Waals surface area (Å²) < 4.78 is 33.5. The van der Waals surface area contributed by atoms with Crippen molar-refractivity contribution in [3.8, 4) is 0 Å². The van der Waals surface area contributed by atoms with Crippen molar-refractivity contribution in [3.05, 3.63) is 84.2 Å². The summed E-state index contributed by atoms with van der Waals surface area (Å²) in [5, 5.41) is 4.45. The van der Waals surface area contributed by atoms with Gasteiger partial charge in [0.1, 0.15) is 4.90 Å². The molecule has 0 saturated carbocycles. The molecule has 0 N–H and O–H groups in total. The van der Waals surface area contributed by atoms with Crippen LogP contribution in [0.2, 0.25) is 0 Å². The van der Waals surface area contributed by atoms with Crippen LogP contribution in [0, 0.1) is 6.92 Å². The molecule has 7 heteroatoms. The van der Waals surface area contributed by atoms with E-state index >= 15 is 0 Å². The quantitative estimate of drug-likeness (QED) is 0.495. The second-order valence-electron chi connectivity index (χ2n) is 6.44. The summed E-state index contributed by atoms with van der Waals surface area (Å²) in [5.74, 6) is 0. The van der Waals surface area contributed by atoms with Gasteiger partial charge in [0.05, 0.1) is 23.0 Å². The maximum absolute atomic E-state index is 13.5. The maximum Gasteiger partial charge on any atom is 0.265 e. The third-order valence-corrected chi connectivity index (χ3v) is 6.36. The zero-order valence-electron chi connectivity index (χ0n) is 15.3. The average molecular weight is 393 g/mol. The van der Waals surface area contributed by atoms with Crippen LogP contribution in [0.15, 0.2) is 82.3 Å². The Balaban J connectivity index is 1.74. The highest BCUT2D eigenvalue weighted by molar-refractivity contribution is 7.92. The molecular weight excluding hydrogens is 374 g/mol.